The number of thiazole rings is 1. The highest BCUT2D eigenvalue weighted by atomic mass is 127. The summed E-state index contributed by atoms with van der Waals surface area (Å²) >= 11 is 1.75. The summed E-state index contributed by atoms with van der Waals surface area (Å²) in [5.41, 5.74) is 1.69. The maximum atomic E-state index is 4.84. The van der Waals surface area contributed by atoms with Crippen LogP contribution in [-0.4, -0.2) is 35.5 Å². The molecule has 1 aliphatic carbocycles. The second-order valence-corrected chi connectivity index (χ2v) is 7.58. The minimum atomic E-state index is 0. The third-order valence-electron chi connectivity index (χ3n) is 5.03. The number of nitrogens with one attached hydrogen (secondary N) is 1. The Bertz CT molecular complexity index is 522. The molecule has 0 radical (unpaired) electrons. The molecule has 1 spiro atoms. The predicted molar refractivity (Wildman–Crippen MR) is 109 cm³/mol. The van der Waals surface area contributed by atoms with Gasteiger partial charge in [0.2, 0.25) is 0 Å². The molecule has 2 fully saturated rings. The first kappa shape index (κ1) is 19.0. The van der Waals surface area contributed by atoms with Gasteiger partial charge in [0.25, 0.3) is 0 Å². The normalized spacial score (nSPS) is 20.1. The van der Waals surface area contributed by atoms with Crippen molar-refractivity contribution in [1.29, 1.82) is 0 Å². The van der Waals surface area contributed by atoms with E-state index in [1.54, 1.807) is 11.3 Å². The van der Waals surface area contributed by atoms with Crippen molar-refractivity contribution >= 4 is 41.3 Å². The second-order valence-electron chi connectivity index (χ2n) is 6.63. The standard InChI is InChI=1S/C17H28N4S.HI/c1-3-15-20-14(12-22-15)11-19-16(18-4-2)21-10-9-17(13-21)7-5-6-8-17;/h12H,3-11,13H2,1-2H3,(H,18,19);1H. The summed E-state index contributed by atoms with van der Waals surface area (Å²) in [5, 5.41) is 6.83. The zero-order valence-electron chi connectivity index (χ0n) is 14.3. The Hall–Kier alpha value is -0.370. The maximum Gasteiger partial charge on any atom is 0.194 e. The molecule has 2 aliphatic rings. The summed E-state index contributed by atoms with van der Waals surface area (Å²) in [5.74, 6) is 1.08. The number of hydrogen-bond donors (Lipinski definition) is 1. The molecule has 1 N–H and O–H groups in total. The molecule has 0 bridgehead atoms. The Morgan fingerprint density at radius 2 is 2.13 bits per heavy atom. The van der Waals surface area contributed by atoms with E-state index in [4.69, 9.17) is 4.99 Å². The van der Waals surface area contributed by atoms with E-state index in [1.807, 2.05) is 0 Å². The minimum absolute atomic E-state index is 0. The molecule has 1 aromatic rings. The first-order valence-corrected chi connectivity index (χ1v) is 9.59. The average molecular weight is 448 g/mol. The van der Waals surface area contributed by atoms with Crippen molar-refractivity contribution in [2.45, 2.75) is 58.9 Å². The molecular formula is C17H29IN4S. The van der Waals surface area contributed by atoms with Crippen molar-refractivity contribution in [2.24, 2.45) is 10.4 Å². The molecular weight excluding hydrogens is 419 g/mol. The van der Waals surface area contributed by atoms with Crippen LogP contribution in [0.1, 0.15) is 56.7 Å². The fourth-order valence-corrected chi connectivity index (χ4v) is 4.55. The molecule has 1 saturated carbocycles. The van der Waals surface area contributed by atoms with Crippen LogP contribution in [0, 0.1) is 5.41 Å². The van der Waals surface area contributed by atoms with E-state index in [1.165, 1.54) is 43.7 Å². The highest BCUT2D eigenvalue weighted by Crippen LogP contribution is 2.45. The van der Waals surface area contributed by atoms with Crippen LogP contribution in [0.5, 0.6) is 0 Å². The number of guanidine groups is 1. The molecule has 6 heteroatoms. The Balaban J connectivity index is 0.00000192. The van der Waals surface area contributed by atoms with E-state index < -0.39 is 0 Å². The van der Waals surface area contributed by atoms with Gasteiger partial charge in [-0.05, 0) is 38.0 Å². The number of aromatic nitrogens is 1. The number of rotatable bonds is 4. The zero-order valence-corrected chi connectivity index (χ0v) is 17.5. The quantitative estimate of drug-likeness (QED) is 0.429. The lowest BCUT2D eigenvalue weighted by Gasteiger charge is -2.25. The van der Waals surface area contributed by atoms with E-state index >= 15 is 0 Å². The molecule has 0 atom stereocenters. The van der Waals surface area contributed by atoms with Crippen molar-refractivity contribution in [3.8, 4) is 0 Å². The monoisotopic (exact) mass is 448 g/mol. The number of nitrogens with zero attached hydrogens (tertiary/aromatic N) is 3. The summed E-state index contributed by atoms with van der Waals surface area (Å²) < 4.78 is 0. The fourth-order valence-electron chi connectivity index (χ4n) is 3.81. The van der Waals surface area contributed by atoms with Gasteiger partial charge >= 0.3 is 0 Å². The van der Waals surface area contributed by atoms with E-state index in [9.17, 15) is 0 Å². The van der Waals surface area contributed by atoms with Gasteiger partial charge in [0.1, 0.15) is 0 Å². The fraction of sp³-hybridized carbons (Fsp3) is 0.765. The van der Waals surface area contributed by atoms with Gasteiger partial charge in [-0.25, -0.2) is 9.98 Å². The molecule has 1 aromatic heterocycles. The van der Waals surface area contributed by atoms with Gasteiger partial charge in [0.15, 0.2) is 5.96 Å². The van der Waals surface area contributed by atoms with Crippen molar-refractivity contribution < 1.29 is 0 Å². The zero-order chi connectivity index (χ0) is 15.4. The molecule has 2 heterocycles. The lowest BCUT2D eigenvalue weighted by atomic mass is 9.86. The number of halogens is 1. The van der Waals surface area contributed by atoms with Crippen molar-refractivity contribution in [1.82, 2.24) is 15.2 Å². The van der Waals surface area contributed by atoms with Gasteiger partial charge in [0, 0.05) is 25.0 Å². The third-order valence-corrected chi connectivity index (χ3v) is 6.07. The van der Waals surface area contributed by atoms with Gasteiger partial charge in [-0.2, -0.15) is 0 Å². The SMILES string of the molecule is CCNC(=NCc1csc(CC)n1)N1CCC2(CCCC2)C1.I. The molecule has 4 nitrogen and oxygen atoms in total. The number of aryl methyl sites for hydroxylation is 1. The molecule has 1 aliphatic heterocycles. The van der Waals surface area contributed by atoms with Crippen LogP contribution in [0.4, 0.5) is 0 Å². The number of likely N-dealkylation sites (tertiary alicyclic amines) is 1. The first-order chi connectivity index (χ1) is 10.7. The van der Waals surface area contributed by atoms with Crippen LogP contribution in [-0.2, 0) is 13.0 Å². The first-order valence-electron chi connectivity index (χ1n) is 8.71. The Kier molecular flexibility index (Phi) is 7.13. The van der Waals surface area contributed by atoms with Gasteiger partial charge in [0.05, 0.1) is 17.2 Å². The summed E-state index contributed by atoms with van der Waals surface area (Å²) in [6.45, 7) is 8.28. The topological polar surface area (TPSA) is 40.5 Å². The molecule has 3 rings (SSSR count). The minimum Gasteiger partial charge on any atom is -0.357 e. The van der Waals surface area contributed by atoms with Crippen LogP contribution < -0.4 is 5.32 Å². The maximum absolute atomic E-state index is 4.84. The van der Waals surface area contributed by atoms with Gasteiger partial charge in [-0.15, -0.1) is 35.3 Å². The third kappa shape index (κ3) is 4.59. The highest BCUT2D eigenvalue weighted by molar-refractivity contribution is 14.0. The molecule has 0 unspecified atom stereocenters. The summed E-state index contributed by atoms with van der Waals surface area (Å²) in [6, 6.07) is 0. The van der Waals surface area contributed by atoms with E-state index in [0.717, 1.165) is 31.2 Å². The van der Waals surface area contributed by atoms with Crippen molar-refractivity contribution in [3.05, 3.63) is 16.1 Å². The Labute approximate surface area is 161 Å². The van der Waals surface area contributed by atoms with Crippen LogP contribution in [0.25, 0.3) is 0 Å². The lowest BCUT2D eigenvalue weighted by Crippen LogP contribution is -2.41. The summed E-state index contributed by atoms with van der Waals surface area (Å²) in [4.78, 5) is 11.9. The van der Waals surface area contributed by atoms with E-state index in [2.05, 4.69) is 34.4 Å². The predicted octanol–water partition coefficient (Wildman–Crippen LogP) is 4.06. The summed E-state index contributed by atoms with van der Waals surface area (Å²) in [6.07, 6.45) is 8.02. The second kappa shape index (κ2) is 8.65. The Morgan fingerprint density at radius 1 is 1.35 bits per heavy atom. The highest BCUT2D eigenvalue weighted by Gasteiger charge is 2.41. The van der Waals surface area contributed by atoms with Crippen molar-refractivity contribution in [3.63, 3.8) is 0 Å². The van der Waals surface area contributed by atoms with Crippen LogP contribution in [0.2, 0.25) is 0 Å². The number of hydrogen-bond acceptors (Lipinski definition) is 3. The number of aliphatic imine (C=N–C) groups is 1. The van der Waals surface area contributed by atoms with E-state index in [0.29, 0.717) is 12.0 Å². The van der Waals surface area contributed by atoms with E-state index in [-0.39, 0.29) is 24.0 Å². The lowest BCUT2D eigenvalue weighted by molar-refractivity contribution is 0.309. The molecule has 0 aromatic carbocycles. The van der Waals surface area contributed by atoms with Gasteiger partial charge in [-0.1, -0.05) is 19.8 Å². The van der Waals surface area contributed by atoms with Crippen LogP contribution in [0.3, 0.4) is 0 Å². The largest absolute Gasteiger partial charge is 0.357 e. The van der Waals surface area contributed by atoms with Gasteiger partial charge < -0.3 is 10.2 Å². The van der Waals surface area contributed by atoms with Crippen LogP contribution in [0.15, 0.2) is 10.4 Å². The molecule has 130 valence electrons. The van der Waals surface area contributed by atoms with Gasteiger partial charge in [-0.3, -0.25) is 0 Å². The molecule has 0 amide bonds. The average Bonchev–Trinajstić information content (AvgIpc) is 3.26. The molecule has 1 saturated heterocycles. The van der Waals surface area contributed by atoms with Crippen molar-refractivity contribution in [2.75, 3.05) is 19.6 Å². The summed E-state index contributed by atoms with van der Waals surface area (Å²) in [7, 11) is 0. The smallest absolute Gasteiger partial charge is 0.194 e. The van der Waals surface area contributed by atoms with Crippen LogP contribution >= 0.6 is 35.3 Å². The Morgan fingerprint density at radius 3 is 2.78 bits per heavy atom. The molecule has 23 heavy (non-hydrogen) atoms.